The number of carbonyl (C=O) groups is 1. The summed E-state index contributed by atoms with van der Waals surface area (Å²) in [7, 11) is 0. The first-order chi connectivity index (χ1) is 10.3. The topological polar surface area (TPSA) is 92.0 Å². The monoisotopic (exact) mass is 363 g/mol. The summed E-state index contributed by atoms with van der Waals surface area (Å²) in [5.41, 5.74) is 3.09. The smallest absolute Gasteiger partial charge is 0.184 e. The Morgan fingerprint density at radius 1 is 1.30 bits per heavy atom. The summed E-state index contributed by atoms with van der Waals surface area (Å²) in [6, 6.07) is 7.15. The van der Waals surface area contributed by atoms with Gasteiger partial charge in [0.2, 0.25) is 0 Å². The molecule has 1 saturated heterocycles. The van der Waals surface area contributed by atoms with Crippen molar-refractivity contribution in [1.29, 1.82) is 0 Å². The number of rotatable bonds is 7. The number of ketones is 1. The van der Waals surface area contributed by atoms with Crippen molar-refractivity contribution in [3.63, 3.8) is 0 Å². The molecule has 0 amide bonds. The highest BCUT2D eigenvalue weighted by Gasteiger charge is 2.13. The van der Waals surface area contributed by atoms with Crippen LogP contribution in [0.2, 0.25) is 0 Å². The fourth-order valence-corrected chi connectivity index (χ4v) is 2.07. The summed E-state index contributed by atoms with van der Waals surface area (Å²) in [5.74, 6) is 5.84. The molecule has 23 heavy (non-hydrogen) atoms. The lowest BCUT2D eigenvalue weighted by Crippen LogP contribution is -2.46. The molecule has 1 aliphatic heterocycles. The molecule has 130 valence electrons. The summed E-state index contributed by atoms with van der Waals surface area (Å²) >= 11 is 0. The van der Waals surface area contributed by atoms with Crippen molar-refractivity contribution in [2.45, 2.75) is 0 Å². The van der Waals surface area contributed by atoms with Crippen molar-refractivity contribution < 1.29 is 9.53 Å². The van der Waals surface area contributed by atoms with Crippen molar-refractivity contribution >= 4 is 42.6 Å². The molecule has 2 rings (SSSR count). The molecule has 1 aromatic carbocycles. The van der Waals surface area contributed by atoms with Crippen molar-refractivity contribution in [3.8, 4) is 5.75 Å². The number of carbonyl (C=O) groups excluding carboxylic acids is 1. The molecule has 9 heteroatoms. The first-order valence-electron chi connectivity index (χ1n) is 6.94. The van der Waals surface area contributed by atoms with Crippen molar-refractivity contribution in [2.75, 3.05) is 39.3 Å². The average Bonchev–Trinajstić information content (AvgIpc) is 2.53. The number of Topliss-reactive ketones (excluding diaryl/α,β-unsaturated/α-hetero) is 1. The maximum atomic E-state index is 11.9. The van der Waals surface area contributed by atoms with E-state index in [0.717, 1.165) is 31.9 Å². The van der Waals surface area contributed by atoms with E-state index >= 15 is 0 Å². The van der Waals surface area contributed by atoms with E-state index in [1.54, 1.807) is 24.3 Å². The number of hydrazine groups is 1. The number of nitrogens with zero attached hydrogens (tertiary/aromatic N) is 2. The van der Waals surface area contributed by atoms with Gasteiger partial charge in [0.05, 0.1) is 12.2 Å². The predicted molar refractivity (Wildman–Crippen MR) is 96.2 cm³/mol. The van der Waals surface area contributed by atoms with Gasteiger partial charge < -0.3 is 15.5 Å². The molecular formula is C14H23Cl2N5O2. The van der Waals surface area contributed by atoms with Gasteiger partial charge in [0.1, 0.15) is 18.7 Å². The van der Waals surface area contributed by atoms with Gasteiger partial charge in [0.15, 0.2) is 5.78 Å². The van der Waals surface area contributed by atoms with E-state index in [4.69, 9.17) is 10.6 Å². The van der Waals surface area contributed by atoms with Crippen molar-refractivity contribution in [3.05, 3.63) is 24.3 Å². The molecule has 1 heterocycles. The normalized spacial score (nSPS) is 14.7. The van der Waals surface area contributed by atoms with Gasteiger partial charge in [0, 0.05) is 26.2 Å². The van der Waals surface area contributed by atoms with E-state index < -0.39 is 0 Å². The van der Waals surface area contributed by atoms with Gasteiger partial charge in [-0.2, -0.15) is 0 Å². The van der Waals surface area contributed by atoms with Crippen LogP contribution in [0.15, 0.2) is 29.3 Å². The largest absolute Gasteiger partial charge is 0.486 e. The Hall–Kier alpha value is -1.38. The Balaban J connectivity index is 0.00000242. The summed E-state index contributed by atoms with van der Waals surface area (Å²) in [6.45, 7) is 4.24. The molecule has 0 aromatic heterocycles. The summed E-state index contributed by atoms with van der Waals surface area (Å²) in [5, 5.41) is 3.26. The van der Waals surface area contributed by atoms with Crippen LogP contribution in [0.3, 0.4) is 0 Å². The molecule has 7 nitrogen and oxygen atoms in total. The van der Waals surface area contributed by atoms with Crippen LogP contribution in [0.25, 0.3) is 0 Å². The number of nitrogens with one attached hydrogen (secondary N) is 2. The molecule has 0 aliphatic carbocycles. The first-order valence-corrected chi connectivity index (χ1v) is 6.94. The van der Waals surface area contributed by atoms with Gasteiger partial charge in [-0.25, -0.2) is 10.8 Å². The molecule has 0 bridgehead atoms. The lowest BCUT2D eigenvalue weighted by Gasteiger charge is -2.26. The molecule has 0 atom stereocenters. The van der Waals surface area contributed by atoms with Gasteiger partial charge in [-0.05, 0) is 24.3 Å². The quantitative estimate of drug-likeness (QED) is 0.283. The summed E-state index contributed by atoms with van der Waals surface area (Å²) < 4.78 is 5.48. The van der Waals surface area contributed by atoms with Crippen LogP contribution in [0, 0.1) is 0 Å². The van der Waals surface area contributed by atoms with Gasteiger partial charge >= 0.3 is 0 Å². The standard InChI is InChI=1S/C14H21N5O2.2ClH/c15-18-11-17-12-1-3-14(4-2-12)21-10-13(20)9-19-7-5-16-6-8-19;;/h1-4,11,16H,5-10,15H2,(H,17,18);2*1H. The SMILES string of the molecule is Cl.Cl.NNC=Nc1ccc(OCC(=O)CN2CCNCC2)cc1. The Kier molecular flexibility index (Phi) is 11.4. The molecule has 0 spiro atoms. The van der Waals surface area contributed by atoms with Crippen LogP contribution in [0.1, 0.15) is 0 Å². The van der Waals surface area contributed by atoms with Gasteiger partial charge in [0.25, 0.3) is 0 Å². The Morgan fingerprint density at radius 3 is 2.57 bits per heavy atom. The molecule has 0 unspecified atom stereocenters. The van der Waals surface area contributed by atoms with Crippen LogP contribution in [-0.4, -0.2) is 56.4 Å². The summed E-state index contributed by atoms with van der Waals surface area (Å²) in [6.07, 6.45) is 1.40. The lowest BCUT2D eigenvalue weighted by atomic mass is 10.3. The van der Waals surface area contributed by atoms with Crippen LogP contribution in [0.4, 0.5) is 5.69 Å². The number of halogens is 2. The fourth-order valence-electron chi connectivity index (χ4n) is 2.07. The van der Waals surface area contributed by atoms with E-state index in [9.17, 15) is 4.79 Å². The van der Waals surface area contributed by atoms with Crippen LogP contribution >= 0.6 is 24.8 Å². The minimum atomic E-state index is 0. The lowest BCUT2D eigenvalue weighted by molar-refractivity contribution is -0.122. The summed E-state index contributed by atoms with van der Waals surface area (Å²) in [4.78, 5) is 18.0. The fraction of sp³-hybridized carbons (Fsp3) is 0.429. The molecule has 0 radical (unpaired) electrons. The zero-order valence-electron chi connectivity index (χ0n) is 12.7. The average molecular weight is 364 g/mol. The highest BCUT2D eigenvalue weighted by molar-refractivity contribution is 5.85. The molecule has 1 fully saturated rings. The second-order valence-electron chi connectivity index (χ2n) is 4.77. The minimum Gasteiger partial charge on any atom is -0.486 e. The van der Waals surface area contributed by atoms with Gasteiger partial charge in [-0.15, -0.1) is 24.8 Å². The van der Waals surface area contributed by atoms with E-state index in [0.29, 0.717) is 12.3 Å². The third-order valence-corrected chi connectivity index (χ3v) is 3.13. The van der Waals surface area contributed by atoms with Gasteiger partial charge in [-0.1, -0.05) is 0 Å². The number of piperazine rings is 1. The first kappa shape index (κ1) is 21.6. The number of nitrogens with two attached hydrogens (primary N) is 1. The number of aliphatic imine (C=N–C) groups is 1. The van der Waals surface area contributed by atoms with E-state index in [1.807, 2.05) is 0 Å². The number of benzene rings is 1. The maximum Gasteiger partial charge on any atom is 0.184 e. The van der Waals surface area contributed by atoms with Gasteiger partial charge in [-0.3, -0.25) is 9.69 Å². The molecule has 0 saturated carbocycles. The maximum absolute atomic E-state index is 11.9. The second-order valence-corrected chi connectivity index (χ2v) is 4.77. The van der Waals surface area contributed by atoms with E-state index in [-0.39, 0.29) is 37.2 Å². The molecule has 1 aliphatic rings. The number of hydrogen-bond acceptors (Lipinski definition) is 6. The Bertz CT molecular complexity index is 479. The second kappa shape index (κ2) is 12.1. The van der Waals surface area contributed by atoms with E-state index in [2.05, 4.69) is 20.6 Å². The van der Waals surface area contributed by atoms with Crippen LogP contribution < -0.4 is 21.3 Å². The van der Waals surface area contributed by atoms with E-state index in [1.165, 1.54) is 6.34 Å². The highest BCUT2D eigenvalue weighted by Crippen LogP contribution is 2.17. The van der Waals surface area contributed by atoms with Crippen LogP contribution in [0.5, 0.6) is 5.75 Å². The Labute approximate surface area is 148 Å². The Morgan fingerprint density at radius 2 is 1.96 bits per heavy atom. The highest BCUT2D eigenvalue weighted by atomic mass is 35.5. The number of hydrogen-bond donors (Lipinski definition) is 3. The minimum absolute atomic E-state index is 0. The van der Waals surface area contributed by atoms with Crippen molar-refractivity contribution in [1.82, 2.24) is 15.6 Å². The third-order valence-electron chi connectivity index (χ3n) is 3.13. The number of ether oxygens (including phenoxy) is 1. The molecule has 4 N–H and O–H groups in total. The van der Waals surface area contributed by atoms with Crippen LogP contribution in [-0.2, 0) is 4.79 Å². The molecule has 1 aromatic rings. The molecular weight excluding hydrogens is 341 g/mol. The van der Waals surface area contributed by atoms with Crippen molar-refractivity contribution in [2.24, 2.45) is 10.8 Å². The third kappa shape index (κ3) is 8.15. The predicted octanol–water partition coefficient (Wildman–Crippen LogP) is 0.506. The zero-order chi connectivity index (χ0) is 14.9. The zero-order valence-corrected chi connectivity index (χ0v) is 14.4.